The molecule has 1 saturated heterocycles. The summed E-state index contributed by atoms with van der Waals surface area (Å²) in [6.45, 7) is 5.71. The number of rotatable bonds is 12. The van der Waals surface area contributed by atoms with E-state index >= 15 is 19.2 Å². The number of aliphatic hydroxyl groups is 3. The molecule has 7 aromatic heterocycles. The van der Waals surface area contributed by atoms with Gasteiger partial charge in [-0.15, -0.1) is 56.7 Å². The number of aliphatic hydroxyl groups excluding tert-OH is 2. The fourth-order valence-electron chi connectivity index (χ4n) is 12.3. The molecule has 6 amide bonds. The summed E-state index contributed by atoms with van der Waals surface area (Å²) < 4.78 is 38.3. The van der Waals surface area contributed by atoms with Crippen LogP contribution in [-0.4, -0.2) is 208 Å². The van der Waals surface area contributed by atoms with Gasteiger partial charge in [0.2, 0.25) is 11.8 Å². The van der Waals surface area contributed by atoms with E-state index in [0.717, 1.165) is 56.7 Å². The second-order valence-electron chi connectivity index (χ2n) is 24.6. The van der Waals surface area contributed by atoms with Gasteiger partial charge < -0.3 is 90.9 Å². The predicted molar refractivity (Wildman–Crippen MR) is 366 cm³/mol. The maximum absolute atomic E-state index is 15.2. The van der Waals surface area contributed by atoms with Crippen molar-refractivity contribution in [1.82, 2.24) is 71.4 Å². The Bertz CT molecular complexity index is 4630. The zero-order valence-corrected chi connectivity index (χ0v) is 59.6. The van der Waals surface area contributed by atoms with Gasteiger partial charge >= 0.3 is 11.9 Å². The first-order chi connectivity index (χ1) is 48.7. The normalized spacial score (nSPS) is 23.9. The van der Waals surface area contributed by atoms with Crippen molar-refractivity contribution in [2.24, 2.45) is 0 Å². The van der Waals surface area contributed by atoms with Crippen molar-refractivity contribution >= 4 is 121 Å². The van der Waals surface area contributed by atoms with Gasteiger partial charge in [-0.3, -0.25) is 28.8 Å². The van der Waals surface area contributed by atoms with Gasteiger partial charge in [-0.2, -0.15) is 4.73 Å². The molecule has 1 fully saturated rings. The van der Waals surface area contributed by atoms with E-state index in [0.29, 0.717) is 16.7 Å². The summed E-state index contributed by atoms with van der Waals surface area (Å²) in [5.74, 6) is -7.66. The summed E-state index contributed by atoms with van der Waals surface area (Å²) in [5.41, 5.74) is -2.75. The highest BCUT2D eigenvalue weighted by molar-refractivity contribution is 7.14. The largest absolute Gasteiger partial charge is 0.506 e. The number of cyclic esters (lactones) is 2. The minimum Gasteiger partial charge on any atom is -0.506 e. The number of methoxy groups -OCH3 is 1. The zero-order chi connectivity index (χ0) is 72.7. The monoisotopic (exact) mass is 1500 g/mol. The Kier molecular flexibility index (Phi) is 21.3. The third-order valence-corrected chi connectivity index (χ3v) is 21.6. The second-order valence-corrected chi connectivity index (χ2v) is 28.9. The van der Waals surface area contributed by atoms with Crippen molar-refractivity contribution in [2.75, 3.05) is 41.0 Å². The van der Waals surface area contributed by atoms with Crippen LogP contribution in [0, 0.1) is 0 Å². The molecule has 8 aromatic rings. The van der Waals surface area contributed by atoms with Gasteiger partial charge in [0.05, 0.1) is 43.1 Å². The molecule has 12 rings (SSSR count). The van der Waals surface area contributed by atoms with Crippen molar-refractivity contribution in [3.63, 3.8) is 0 Å². The van der Waals surface area contributed by atoms with Crippen LogP contribution < -0.4 is 31.9 Å². The van der Waals surface area contributed by atoms with Gasteiger partial charge in [-0.05, 0) is 72.8 Å². The maximum atomic E-state index is 15.2. The Balaban J connectivity index is 1.02. The number of likely N-dealkylation sites (N-methyl/N-ethyl adjacent to an activating group) is 1. The van der Waals surface area contributed by atoms with Crippen LogP contribution in [0.5, 0.6) is 5.75 Å². The third kappa shape index (κ3) is 14.7. The molecule has 4 aliphatic heterocycles. The lowest BCUT2D eigenvalue weighted by Gasteiger charge is -2.48. The topological polar surface area (TPSA) is 451 Å². The molecule has 33 nitrogen and oxygen atoms in total. The third-order valence-electron chi connectivity index (χ3n) is 17.1. The minimum absolute atomic E-state index is 0.0102. The van der Waals surface area contributed by atoms with Crippen LogP contribution in [0.4, 0.5) is 0 Å². The molecule has 11 atom stereocenters. The number of aromatic nitrogens is 7. The fraction of sp³-hybridized carbons (Fsp3) is 0.406. The molecule has 0 radical (unpaired) electrons. The van der Waals surface area contributed by atoms with Crippen LogP contribution in [0.1, 0.15) is 138 Å². The van der Waals surface area contributed by atoms with Gasteiger partial charge in [0, 0.05) is 63.0 Å². The lowest BCUT2D eigenvalue weighted by atomic mass is 9.85. The maximum Gasteiger partial charge on any atom is 0.358 e. The van der Waals surface area contributed by atoms with E-state index in [4.69, 9.17) is 43.4 Å². The summed E-state index contributed by atoms with van der Waals surface area (Å²) in [4.78, 5) is 145. The highest BCUT2D eigenvalue weighted by Gasteiger charge is 2.50. The standard InChI is InChI=1S/C64H68N14O19S5/c1-25(51(82)65-13-10-14-79)66-52(83)34-22-101-60(71-34)45-39(81)15-30-44(73-45)33-20-99-58(68-33)32-19-95-62(88)47-31-18-93-48(49(97-40-16-64(5,90)50(77(6)7)28(4)96-40)63(89)94-17-29-11-9-12-38(41(29)31)78(47)91)46(61-72-35(23-102-61)53(84)67-32)76-55(86)37-24-100-59(70-37)43(27(3)92-8)75-56(87)42(26(2)80)74-54(85)36-21-98-57(30)69-36/h9,11-12,15,20-26,28,32,40,42,46,48-50,79-81,90-91H,10,13-14,16-19H2,1-8H3,(H,65,82)(H,66,83)(H,67,84)(H,74,85)(H,75,87)(H,76,86)/b43-27+/t25-,26+,28-,32-,40-,42-,46-,48-,49-,50+,64-/m0/s1. The first-order valence-corrected chi connectivity index (χ1v) is 36.0. The Morgan fingerprint density at radius 1 is 0.843 bits per heavy atom. The van der Waals surface area contributed by atoms with Crippen LogP contribution in [0.25, 0.3) is 49.3 Å². The number of aromatic hydroxyl groups is 1. The van der Waals surface area contributed by atoms with Crippen LogP contribution in [-0.2, 0) is 56.0 Å². The number of carbonyl (C=O) groups excluding carboxylic acids is 8. The fourth-order valence-corrected chi connectivity index (χ4v) is 16.4. The number of hydrogen-bond donors (Lipinski definition) is 11. The average Bonchev–Trinajstić information content (AvgIpc) is 1.56. The molecular weight excluding hydrogens is 1430 g/mol. The van der Waals surface area contributed by atoms with Crippen molar-refractivity contribution in [3.8, 4) is 38.4 Å². The number of thiazole rings is 5. The summed E-state index contributed by atoms with van der Waals surface area (Å²) in [5, 5.41) is 79.8. The van der Waals surface area contributed by atoms with Gasteiger partial charge in [-0.1, -0.05) is 12.1 Å². The van der Waals surface area contributed by atoms with E-state index in [1.165, 1.54) is 66.9 Å². The lowest BCUT2D eigenvalue weighted by Crippen LogP contribution is -2.62. The van der Waals surface area contributed by atoms with Crippen LogP contribution in [0.2, 0.25) is 0 Å². The Morgan fingerprint density at radius 2 is 1.52 bits per heavy atom. The Morgan fingerprint density at radius 3 is 2.25 bits per heavy atom. The molecule has 12 bridgehead atoms. The van der Waals surface area contributed by atoms with Crippen LogP contribution in [0.15, 0.2) is 56.9 Å². The number of allylic oxidation sites excluding steroid dienone is 1. The first kappa shape index (κ1) is 72.5. The zero-order valence-electron chi connectivity index (χ0n) is 55.5. The van der Waals surface area contributed by atoms with Crippen LogP contribution in [0.3, 0.4) is 0 Å². The minimum atomic E-state index is -1.92. The SMILES string of the molecule is CO/C(C)=C1/NC(=O)[C@H]([C@@H](C)O)NC(=O)c2csc(n2)-c2cc(O)c(-c3nc(C(=O)N[C@@H](C)C(=O)NCCCO)cs3)nc2-c2csc(n2)[C@@H]2COC(=O)c3c4c5c(cccc5n3O)COC(=O)[C@@H](O[C@H]3C[C@](C)(O)[C@H](N(C)C)[C@H](C)O3)[C@@H](OC4)[C@H](NC(=O)c3csc1n3)c1nc(cs1)C(=O)N2. The van der Waals surface area contributed by atoms with E-state index < -0.39 is 145 Å². The van der Waals surface area contributed by atoms with E-state index in [1.54, 1.807) is 45.0 Å². The molecule has 38 heteroatoms. The number of nitrogens with zero attached hydrogens (tertiary/aromatic N) is 8. The Labute approximate surface area is 599 Å². The molecule has 11 heterocycles. The summed E-state index contributed by atoms with van der Waals surface area (Å²) >= 11 is 4.51. The quantitative estimate of drug-likeness (QED) is 0.0359. The predicted octanol–water partition coefficient (Wildman–Crippen LogP) is 3.78. The highest BCUT2D eigenvalue weighted by Crippen LogP contribution is 2.43. The number of amides is 6. The number of nitrogens with one attached hydrogen (secondary N) is 6. The molecule has 4 aliphatic rings. The summed E-state index contributed by atoms with van der Waals surface area (Å²) in [6.07, 6.45) is -7.28. The van der Waals surface area contributed by atoms with Gasteiger partial charge in [-0.25, -0.2) is 39.5 Å². The van der Waals surface area contributed by atoms with E-state index in [-0.39, 0.29) is 118 Å². The van der Waals surface area contributed by atoms with E-state index in [9.17, 15) is 44.8 Å². The number of ether oxygens (including phenoxy) is 6. The Hall–Kier alpha value is -9.32. The lowest BCUT2D eigenvalue weighted by molar-refractivity contribution is -0.280. The molecular formula is C64H68N14O19S5. The highest BCUT2D eigenvalue weighted by atomic mass is 32.1. The molecule has 1 aromatic carbocycles. The summed E-state index contributed by atoms with van der Waals surface area (Å²) in [7, 11) is 4.84. The molecule has 0 saturated carbocycles. The number of benzene rings is 1. The number of hydrogen-bond acceptors (Lipinski definition) is 31. The van der Waals surface area contributed by atoms with Crippen molar-refractivity contribution < 1.29 is 92.4 Å². The van der Waals surface area contributed by atoms with Gasteiger partial charge in [0.15, 0.2) is 18.1 Å². The van der Waals surface area contributed by atoms with Crippen molar-refractivity contribution in [3.05, 3.63) is 112 Å². The van der Waals surface area contributed by atoms with Crippen molar-refractivity contribution in [1.29, 1.82) is 0 Å². The molecule has 11 N–H and O–H groups in total. The van der Waals surface area contributed by atoms with Crippen LogP contribution >= 0.6 is 56.7 Å². The molecule has 102 heavy (non-hydrogen) atoms. The van der Waals surface area contributed by atoms with E-state index in [2.05, 4.69) is 46.9 Å². The first-order valence-electron chi connectivity index (χ1n) is 31.6. The molecule has 0 unspecified atom stereocenters. The average molecular weight is 1500 g/mol. The number of esters is 2. The van der Waals surface area contributed by atoms with Gasteiger partial charge in [0.25, 0.3) is 23.6 Å². The number of carbonyl (C=O) groups is 8. The molecule has 0 spiro atoms. The number of fused-ring (bicyclic) bond motifs is 15. The summed E-state index contributed by atoms with van der Waals surface area (Å²) in [6, 6.07) is -0.371. The van der Waals surface area contributed by atoms with Crippen molar-refractivity contribution in [2.45, 2.75) is 127 Å². The van der Waals surface area contributed by atoms with E-state index in [1.807, 2.05) is 0 Å². The molecule has 538 valence electrons. The molecule has 0 aliphatic carbocycles. The van der Waals surface area contributed by atoms with Gasteiger partial charge in [0.1, 0.15) is 126 Å². The smallest absolute Gasteiger partial charge is 0.358 e. The second kappa shape index (κ2) is 29.9. The number of pyridine rings is 1.